The Morgan fingerprint density at radius 1 is 1.11 bits per heavy atom. The molecule has 0 radical (unpaired) electrons. The average Bonchev–Trinajstić information content (AvgIpc) is 3.17. The predicted molar refractivity (Wildman–Crippen MR) is 129 cm³/mol. The Labute approximate surface area is 212 Å². The lowest BCUT2D eigenvalue weighted by Gasteiger charge is -2.18. The van der Waals surface area contributed by atoms with Crippen molar-refractivity contribution in [1.82, 2.24) is 10.3 Å². The van der Waals surface area contributed by atoms with Gasteiger partial charge in [0, 0.05) is 24.2 Å². The first-order valence-electron chi connectivity index (χ1n) is 11.7. The molecule has 2 heterocycles. The van der Waals surface area contributed by atoms with Crippen molar-refractivity contribution in [3.63, 3.8) is 0 Å². The summed E-state index contributed by atoms with van der Waals surface area (Å²) >= 11 is 0. The third kappa shape index (κ3) is 6.84. The molecule has 37 heavy (non-hydrogen) atoms. The van der Waals surface area contributed by atoms with E-state index in [1.807, 2.05) is 32.0 Å². The van der Waals surface area contributed by atoms with E-state index in [0.717, 1.165) is 29.9 Å². The second-order valence-corrected chi connectivity index (χ2v) is 9.14. The number of alkyl halides is 3. The number of nitrogens with zero attached hydrogens (tertiary/aromatic N) is 1. The van der Waals surface area contributed by atoms with Crippen LogP contribution in [0.25, 0.3) is 0 Å². The summed E-state index contributed by atoms with van der Waals surface area (Å²) < 4.78 is 60.8. The number of rotatable bonds is 9. The molecule has 0 bridgehead atoms. The number of para-hydroxylation sites is 1. The van der Waals surface area contributed by atoms with Gasteiger partial charge in [-0.15, -0.1) is 0 Å². The number of benzene rings is 2. The first-order valence-corrected chi connectivity index (χ1v) is 11.7. The van der Waals surface area contributed by atoms with E-state index in [1.54, 1.807) is 31.2 Å². The summed E-state index contributed by atoms with van der Waals surface area (Å²) in [5.74, 6) is 1.88. The summed E-state index contributed by atoms with van der Waals surface area (Å²) in [5, 5.41) is 2.77. The monoisotopic (exact) mass is 516 g/mol. The van der Waals surface area contributed by atoms with Crippen molar-refractivity contribution < 1.29 is 36.9 Å². The van der Waals surface area contributed by atoms with Gasteiger partial charge in [0.05, 0.1) is 12.1 Å². The van der Waals surface area contributed by atoms with Crippen LogP contribution in [0.5, 0.6) is 28.9 Å². The molecule has 0 saturated carbocycles. The minimum Gasteiger partial charge on any atom is -0.488 e. The van der Waals surface area contributed by atoms with Crippen LogP contribution in [-0.4, -0.2) is 35.7 Å². The third-order valence-corrected chi connectivity index (χ3v) is 5.51. The van der Waals surface area contributed by atoms with Gasteiger partial charge in [-0.1, -0.05) is 12.1 Å². The van der Waals surface area contributed by atoms with Crippen molar-refractivity contribution >= 4 is 5.91 Å². The second-order valence-electron chi connectivity index (χ2n) is 9.14. The molecule has 0 aliphatic carbocycles. The summed E-state index contributed by atoms with van der Waals surface area (Å²) in [7, 11) is 0. The highest BCUT2D eigenvalue weighted by Gasteiger charge is 2.32. The molecule has 196 valence electrons. The first kappa shape index (κ1) is 26.1. The lowest BCUT2D eigenvalue weighted by atomic mass is 10.0. The van der Waals surface area contributed by atoms with Crippen molar-refractivity contribution in [3.8, 4) is 28.9 Å². The van der Waals surface area contributed by atoms with Crippen molar-refractivity contribution in [2.45, 2.75) is 45.1 Å². The summed E-state index contributed by atoms with van der Waals surface area (Å²) in [4.78, 5) is 16.1. The highest BCUT2D eigenvalue weighted by Crippen LogP contribution is 2.41. The Hall–Kier alpha value is -3.95. The van der Waals surface area contributed by atoms with E-state index >= 15 is 0 Å². The molecule has 1 N–H and O–H groups in total. The zero-order valence-corrected chi connectivity index (χ0v) is 20.6. The average molecular weight is 517 g/mol. The maximum atomic E-state index is 12.6. The minimum atomic E-state index is -4.46. The van der Waals surface area contributed by atoms with E-state index < -0.39 is 17.8 Å². The van der Waals surface area contributed by atoms with Gasteiger partial charge < -0.3 is 24.3 Å². The van der Waals surface area contributed by atoms with E-state index in [-0.39, 0.29) is 30.5 Å². The highest BCUT2D eigenvalue weighted by molar-refractivity contribution is 5.80. The Balaban J connectivity index is 1.21. The Morgan fingerprint density at radius 2 is 1.84 bits per heavy atom. The number of hydrogen-bond donors (Lipinski definition) is 1. The smallest absolute Gasteiger partial charge is 0.417 e. The SMILES string of the molecule is C[C@@H](Oc1ccc(Oc2ccc(C(F)(F)F)cn2)cc1)C(=O)NCCOc1cccc2c1OC(C)(C)C2. The van der Waals surface area contributed by atoms with Crippen LogP contribution in [0.2, 0.25) is 0 Å². The van der Waals surface area contributed by atoms with Gasteiger partial charge in [0.25, 0.3) is 5.91 Å². The molecule has 3 aromatic rings. The van der Waals surface area contributed by atoms with Crippen LogP contribution in [0, 0.1) is 0 Å². The maximum Gasteiger partial charge on any atom is 0.417 e. The highest BCUT2D eigenvalue weighted by atomic mass is 19.4. The fourth-order valence-corrected chi connectivity index (χ4v) is 3.75. The molecule has 0 saturated heterocycles. The molecule has 1 aromatic heterocycles. The Morgan fingerprint density at radius 3 is 2.51 bits per heavy atom. The lowest BCUT2D eigenvalue weighted by molar-refractivity contribution is -0.137. The van der Waals surface area contributed by atoms with Gasteiger partial charge >= 0.3 is 6.18 Å². The number of amides is 1. The Bertz CT molecular complexity index is 1230. The summed E-state index contributed by atoms with van der Waals surface area (Å²) in [6.45, 7) is 6.22. The van der Waals surface area contributed by atoms with Gasteiger partial charge in [-0.3, -0.25) is 4.79 Å². The predicted octanol–water partition coefficient (Wildman–Crippen LogP) is 5.57. The molecule has 1 aliphatic rings. The molecule has 10 heteroatoms. The van der Waals surface area contributed by atoms with Crippen LogP contribution in [-0.2, 0) is 17.4 Å². The van der Waals surface area contributed by atoms with Crippen molar-refractivity contribution in [3.05, 3.63) is 71.9 Å². The van der Waals surface area contributed by atoms with Gasteiger partial charge in [0.15, 0.2) is 17.6 Å². The number of fused-ring (bicyclic) bond motifs is 1. The molecule has 0 fully saturated rings. The molecule has 1 atom stereocenters. The van der Waals surface area contributed by atoms with Gasteiger partial charge in [0.2, 0.25) is 5.88 Å². The quantitative estimate of drug-likeness (QED) is 0.375. The van der Waals surface area contributed by atoms with Crippen molar-refractivity contribution in [2.75, 3.05) is 13.2 Å². The number of pyridine rings is 1. The largest absolute Gasteiger partial charge is 0.488 e. The van der Waals surface area contributed by atoms with Crippen LogP contribution in [0.15, 0.2) is 60.8 Å². The van der Waals surface area contributed by atoms with E-state index in [1.165, 1.54) is 0 Å². The van der Waals surface area contributed by atoms with Gasteiger partial charge in [-0.05, 0) is 57.2 Å². The van der Waals surface area contributed by atoms with Crippen LogP contribution in [0.3, 0.4) is 0 Å². The fraction of sp³-hybridized carbons (Fsp3) is 0.333. The molecule has 2 aromatic carbocycles. The van der Waals surface area contributed by atoms with Crippen LogP contribution < -0.4 is 24.3 Å². The maximum absolute atomic E-state index is 12.6. The molecular weight excluding hydrogens is 489 g/mol. The fourth-order valence-electron chi connectivity index (χ4n) is 3.75. The number of hydrogen-bond acceptors (Lipinski definition) is 6. The lowest BCUT2D eigenvalue weighted by Crippen LogP contribution is -2.38. The number of halogens is 3. The van der Waals surface area contributed by atoms with Gasteiger partial charge in [0.1, 0.15) is 23.7 Å². The number of carbonyl (C=O) groups excluding carboxylic acids is 1. The third-order valence-electron chi connectivity index (χ3n) is 5.51. The molecule has 1 amide bonds. The van der Waals surface area contributed by atoms with Crippen LogP contribution in [0.1, 0.15) is 31.9 Å². The zero-order chi connectivity index (χ0) is 26.6. The molecule has 7 nitrogen and oxygen atoms in total. The minimum absolute atomic E-state index is 0.0207. The van der Waals surface area contributed by atoms with E-state index in [0.29, 0.717) is 23.4 Å². The molecular formula is C27H27F3N2O5. The van der Waals surface area contributed by atoms with Crippen molar-refractivity contribution in [2.24, 2.45) is 0 Å². The first-order chi connectivity index (χ1) is 17.5. The van der Waals surface area contributed by atoms with Crippen LogP contribution in [0.4, 0.5) is 13.2 Å². The van der Waals surface area contributed by atoms with Crippen molar-refractivity contribution in [1.29, 1.82) is 0 Å². The molecule has 0 spiro atoms. The van der Waals surface area contributed by atoms with Crippen LogP contribution >= 0.6 is 0 Å². The number of aromatic nitrogens is 1. The normalized spacial score (nSPS) is 14.8. The molecule has 1 aliphatic heterocycles. The van der Waals surface area contributed by atoms with E-state index in [4.69, 9.17) is 18.9 Å². The zero-order valence-electron chi connectivity index (χ0n) is 20.6. The summed E-state index contributed by atoms with van der Waals surface area (Å²) in [6.07, 6.45) is -3.72. The number of nitrogens with one attached hydrogen (secondary N) is 1. The van der Waals surface area contributed by atoms with Gasteiger partial charge in [-0.25, -0.2) is 4.98 Å². The topological polar surface area (TPSA) is 78.9 Å². The van der Waals surface area contributed by atoms with Gasteiger partial charge in [-0.2, -0.15) is 13.2 Å². The number of carbonyl (C=O) groups is 1. The molecule has 4 rings (SSSR count). The van der Waals surface area contributed by atoms with E-state index in [2.05, 4.69) is 10.3 Å². The Kier molecular flexibility index (Phi) is 7.47. The standard InChI is InChI=1S/C27H27F3N2O5/c1-17(25(33)31-13-14-34-22-6-4-5-18-15-26(2,3)37-24(18)22)35-20-8-10-21(11-9-20)36-23-12-7-19(16-32-23)27(28,29)30/h4-12,16-17H,13-15H2,1-3H3,(H,31,33)/t17-/m1/s1. The number of ether oxygens (including phenoxy) is 4. The second kappa shape index (κ2) is 10.6. The summed E-state index contributed by atoms with van der Waals surface area (Å²) in [5.41, 5.74) is -0.0312. The van der Waals surface area contributed by atoms with E-state index in [9.17, 15) is 18.0 Å². The molecule has 0 unspecified atom stereocenters. The summed E-state index contributed by atoms with van der Waals surface area (Å²) in [6, 6.07) is 14.1.